The van der Waals surface area contributed by atoms with Crippen LogP contribution in [0.15, 0.2) is 133 Å². The van der Waals surface area contributed by atoms with E-state index in [2.05, 4.69) is 189 Å². The molecular formula is C48H40BN3. The van der Waals surface area contributed by atoms with Crippen molar-refractivity contribution in [2.24, 2.45) is 0 Å². The number of benzene rings is 7. The molecule has 0 bridgehead atoms. The third-order valence-electron chi connectivity index (χ3n) is 11.2. The molecule has 4 heteroatoms. The molecule has 52 heavy (non-hydrogen) atoms. The lowest BCUT2D eigenvalue weighted by Crippen LogP contribution is -2.62. The SMILES string of the molecule is Cc1cc(C)cc(N2c3ccccc3B3c4c(C)cc(C)cc4N(c4cc(C)cc(C)c4)c4cc(-n5c6ccccc6c6ccccc65)cc2c43)c1. The Morgan fingerprint density at radius 1 is 0.385 bits per heavy atom. The highest BCUT2D eigenvalue weighted by Crippen LogP contribution is 2.47. The number of anilines is 6. The topological polar surface area (TPSA) is 11.4 Å². The van der Waals surface area contributed by atoms with Crippen molar-refractivity contribution < 1.29 is 0 Å². The number of aryl methyl sites for hydroxylation is 6. The van der Waals surface area contributed by atoms with Gasteiger partial charge in [0.1, 0.15) is 0 Å². The van der Waals surface area contributed by atoms with E-state index in [0.717, 1.165) is 5.69 Å². The summed E-state index contributed by atoms with van der Waals surface area (Å²) in [5.74, 6) is 0. The molecule has 2 aliphatic rings. The average molecular weight is 670 g/mol. The van der Waals surface area contributed by atoms with Crippen LogP contribution in [-0.2, 0) is 0 Å². The van der Waals surface area contributed by atoms with Gasteiger partial charge >= 0.3 is 0 Å². The molecule has 1 aromatic heterocycles. The molecular weight excluding hydrogens is 629 g/mol. The summed E-state index contributed by atoms with van der Waals surface area (Å²) < 4.78 is 2.48. The van der Waals surface area contributed by atoms with E-state index in [1.54, 1.807) is 0 Å². The van der Waals surface area contributed by atoms with Gasteiger partial charge in [-0.1, -0.05) is 78.4 Å². The van der Waals surface area contributed by atoms with E-state index in [9.17, 15) is 0 Å². The van der Waals surface area contributed by atoms with E-state index in [0.29, 0.717) is 0 Å². The fourth-order valence-corrected chi connectivity index (χ4v) is 9.49. The minimum Gasteiger partial charge on any atom is -0.311 e. The Hall–Kier alpha value is -6.00. The quantitative estimate of drug-likeness (QED) is 0.174. The van der Waals surface area contributed by atoms with Crippen LogP contribution in [0.2, 0.25) is 0 Å². The molecule has 0 saturated carbocycles. The standard InChI is InChI=1S/C48H40BN3/c1-29-19-30(2)23-35(22-29)51-43-18-12-9-15-40(43)49-47-34(6)21-33(5)26-44(47)52(36-24-31(3)20-32(4)25-36)46-28-37(27-45(51)48(46)49)50-41-16-10-7-13-38(41)39-14-8-11-17-42(39)50/h7-28H,1-6H3. The second-order valence-electron chi connectivity index (χ2n) is 15.1. The van der Waals surface area contributed by atoms with Crippen LogP contribution < -0.4 is 26.2 Å². The van der Waals surface area contributed by atoms with Crippen LogP contribution in [0.4, 0.5) is 34.1 Å². The van der Waals surface area contributed by atoms with Gasteiger partial charge in [-0.2, -0.15) is 0 Å². The number of hydrogen-bond acceptors (Lipinski definition) is 2. The van der Waals surface area contributed by atoms with Gasteiger partial charge in [-0.3, -0.25) is 0 Å². The van der Waals surface area contributed by atoms with Crippen molar-refractivity contribution in [1.29, 1.82) is 0 Å². The van der Waals surface area contributed by atoms with E-state index in [1.807, 2.05) is 0 Å². The van der Waals surface area contributed by atoms with Crippen LogP contribution in [0.5, 0.6) is 0 Å². The molecule has 0 fully saturated rings. The summed E-state index contributed by atoms with van der Waals surface area (Å²) in [7, 11) is 0. The minimum absolute atomic E-state index is 0.0771. The first kappa shape index (κ1) is 30.8. The number of aromatic nitrogens is 1. The molecule has 0 radical (unpaired) electrons. The van der Waals surface area contributed by atoms with E-state index in [1.165, 1.54) is 106 Å². The Labute approximate surface area is 306 Å². The average Bonchev–Trinajstić information content (AvgIpc) is 3.45. The molecule has 0 unspecified atom stereocenters. The molecule has 0 spiro atoms. The zero-order chi connectivity index (χ0) is 35.4. The molecule has 3 heterocycles. The number of hydrogen-bond donors (Lipinski definition) is 0. The monoisotopic (exact) mass is 669 g/mol. The summed E-state index contributed by atoms with van der Waals surface area (Å²) in [6.45, 7) is 13.5. The van der Waals surface area contributed by atoms with Crippen molar-refractivity contribution in [2.45, 2.75) is 41.5 Å². The van der Waals surface area contributed by atoms with Crippen molar-refractivity contribution in [3.63, 3.8) is 0 Å². The second kappa shape index (κ2) is 11.3. The highest BCUT2D eigenvalue weighted by Gasteiger charge is 2.44. The van der Waals surface area contributed by atoms with Crippen LogP contribution >= 0.6 is 0 Å². The van der Waals surface area contributed by atoms with Crippen LogP contribution in [-0.4, -0.2) is 11.3 Å². The van der Waals surface area contributed by atoms with Gasteiger partial charge in [0.05, 0.1) is 16.7 Å². The molecule has 10 rings (SSSR count). The molecule has 3 nitrogen and oxygen atoms in total. The Morgan fingerprint density at radius 2 is 0.846 bits per heavy atom. The Bertz CT molecular complexity index is 2700. The molecule has 0 amide bonds. The summed E-state index contributed by atoms with van der Waals surface area (Å²) in [5.41, 5.74) is 22.6. The maximum atomic E-state index is 2.57. The first-order valence-electron chi connectivity index (χ1n) is 18.4. The van der Waals surface area contributed by atoms with Crippen LogP contribution in [0.1, 0.15) is 33.4 Å². The molecule has 8 aromatic rings. The molecule has 0 N–H and O–H groups in total. The highest BCUT2D eigenvalue weighted by atomic mass is 15.2. The van der Waals surface area contributed by atoms with Crippen LogP contribution in [0.25, 0.3) is 27.5 Å². The predicted octanol–water partition coefficient (Wildman–Crippen LogP) is 10.7. The molecule has 0 saturated heterocycles. The summed E-state index contributed by atoms with van der Waals surface area (Å²) in [5, 5.41) is 2.53. The largest absolute Gasteiger partial charge is 0.311 e. The van der Waals surface area contributed by atoms with Gasteiger partial charge < -0.3 is 14.4 Å². The first-order chi connectivity index (χ1) is 25.2. The van der Waals surface area contributed by atoms with Crippen LogP contribution in [0.3, 0.4) is 0 Å². The van der Waals surface area contributed by atoms with Crippen molar-refractivity contribution >= 4 is 79.0 Å². The normalized spacial score (nSPS) is 13.1. The van der Waals surface area contributed by atoms with E-state index < -0.39 is 0 Å². The zero-order valence-electron chi connectivity index (χ0n) is 30.6. The minimum atomic E-state index is 0.0771. The maximum absolute atomic E-state index is 2.57. The first-order valence-corrected chi connectivity index (χ1v) is 18.4. The number of nitrogens with zero attached hydrogens (tertiary/aromatic N) is 3. The summed E-state index contributed by atoms with van der Waals surface area (Å²) >= 11 is 0. The second-order valence-corrected chi connectivity index (χ2v) is 15.1. The lowest BCUT2D eigenvalue weighted by Gasteiger charge is -2.45. The summed E-state index contributed by atoms with van der Waals surface area (Å²) in [4.78, 5) is 5.10. The Kier molecular flexibility index (Phi) is 6.66. The number of rotatable bonds is 3. The molecule has 0 atom stereocenters. The van der Waals surface area contributed by atoms with Crippen LogP contribution in [0, 0.1) is 41.5 Å². The van der Waals surface area contributed by atoms with Gasteiger partial charge in [-0.25, -0.2) is 0 Å². The lowest BCUT2D eigenvalue weighted by molar-refractivity contribution is 1.15. The molecule has 250 valence electrons. The predicted molar refractivity (Wildman–Crippen MR) is 223 cm³/mol. The van der Waals surface area contributed by atoms with Crippen molar-refractivity contribution in [3.05, 3.63) is 167 Å². The fraction of sp³-hybridized carbons (Fsp3) is 0.125. The third-order valence-corrected chi connectivity index (χ3v) is 11.2. The van der Waals surface area contributed by atoms with E-state index in [4.69, 9.17) is 0 Å². The molecule has 2 aliphatic heterocycles. The maximum Gasteiger partial charge on any atom is 0.252 e. The lowest BCUT2D eigenvalue weighted by atomic mass is 9.32. The number of fused-ring (bicyclic) bond motifs is 7. The highest BCUT2D eigenvalue weighted by molar-refractivity contribution is 7.00. The van der Waals surface area contributed by atoms with Crippen molar-refractivity contribution in [1.82, 2.24) is 4.57 Å². The van der Waals surface area contributed by atoms with Gasteiger partial charge in [0.15, 0.2) is 0 Å². The Balaban J connectivity index is 1.40. The van der Waals surface area contributed by atoms with Gasteiger partial charge in [-0.05, 0) is 146 Å². The molecule has 7 aromatic carbocycles. The van der Waals surface area contributed by atoms with Gasteiger partial charge in [0, 0.05) is 44.9 Å². The Morgan fingerprint density at radius 3 is 1.42 bits per heavy atom. The van der Waals surface area contributed by atoms with Crippen molar-refractivity contribution in [3.8, 4) is 5.69 Å². The molecule has 0 aliphatic carbocycles. The third kappa shape index (κ3) is 4.47. The zero-order valence-corrected chi connectivity index (χ0v) is 30.6. The smallest absolute Gasteiger partial charge is 0.252 e. The summed E-state index contributed by atoms with van der Waals surface area (Å²) in [6, 6.07) is 50.5. The van der Waals surface area contributed by atoms with E-state index >= 15 is 0 Å². The van der Waals surface area contributed by atoms with Gasteiger partial charge in [0.2, 0.25) is 0 Å². The van der Waals surface area contributed by atoms with Gasteiger partial charge in [0.25, 0.3) is 6.71 Å². The number of para-hydroxylation sites is 3. The fourth-order valence-electron chi connectivity index (χ4n) is 9.49. The van der Waals surface area contributed by atoms with Gasteiger partial charge in [-0.15, -0.1) is 0 Å². The summed E-state index contributed by atoms with van der Waals surface area (Å²) in [6.07, 6.45) is 0. The van der Waals surface area contributed by atoms with E-state index in [-0.39, 0.29) is 6.71 Å². The van der Waals surface area contributed by atoms with Crippen molar-refractivity contribution in [2.75, 3.05) is 9.80 Å².